The summed E-state index contributed by atoms with van der Waals surface area (Å²) in [5.74, 6) is -0.201. The van der Waals surface area contributed by atoms with Crippen molar-refractivity contribution in [1.82, 2.24) is 15.5 Å². The van der Waals surface area contributed by atoms with Gasteiger partial charge >= 0.3 is 0 Å². The van der Waals surface area contributed by atoms with Crippen LogP contribution in [0.15, 0.2) is 6.20 Å². The van der Waals surface area contributed by atoms with Gasteiger partial charge in [-0.15, -0.1) is 0 Å². The number of ether oxygens (including phenoxy) is 1. The van der Waals surface area contributed by atoms with Gasteiger partial charge in [0.1, 0.15) is 5.69 Å². The Morgan fingerprint density at radius 1 is 1.65 bits per heavy atom. The van der Waals surface area contributed by atoms with Gasteiger partial charge in [0.05, 0.1) is 11.9 Å². The van der Waals surface area contributed by atoms with Crippen molar-refractivity contribution in [2.24, 2.45) is 5.41 Å². The van der Waals surface area contributed by atoms with Crippen LogP contribution in [0, 0.1) is 5.41 Å². The molecule has 94 valence electrons. The number of rotatable bonds is 3. The van der Waals surface area contributed by atoms with Crippen LogP contribution in [-0.4, -0.2) is 35.9 Å². The largest absolute Gasteiger partial charge is 0.396 e. The highest BCUT2D eigenvalue weighted by molar-refractivity contribution is 5.96. The Morgan fingerprint density at radius 2 is 2.35 bits per heavy atom. The number of nitrogens with two attached hydrogens (primary N) is 1. The Labute approximate surface area is 99.9 Å². The van der Waals surface area contributed by atoms with Gasteiger partial charge in [-0.2, -0.15) is 5.10 Å². The molecule has 6 heteroatoms. The molecule has 17 heavy (non-hydrogen) atoms. The van der Waals surface area contributed by atoms with Crippen molar-refractivity contribution in [2.45, 2.75) is 19.8 Å². The molecule has 1 amide bonds. The van der Waals surface area contributed by atoms with Gasteiger partial charge in [0, 0.05) is 19.8 Å². The van der Waals surface area contributed by atoms with Gasteiger partial charge < -0.3 is 15.8 Å². The van der Waals surface area contributed by atoms with Crippen LogP contribution in [0.2, 0.25) is 0 Å². The maximum absolute atomic E-state index is 11.8. The molecule has 0 radical (unpaired) electrons. The smallest absolute Gasteiger partial charge is 0.271 e. The zero-order valence-corrected chi connectivity index (χ0v) is 9.95. The fourth-order valence-electron chi connectivity index (χ4n) is 1.90. The van der Waals surface area contributed by atoms with E-state index in [0.717, 1.165) is 26.1 Å². The lowest BCUT2D eigenvalue weighted by molar-refractivity contribution is 0.0238. The molecule has 1 aliphatic rings. The van der Waals surface area contributed by atoms with E-state index in [1.165, 1.54) is 6.20 Å². The molecular formula is C11H18N4O2. The molecule has 0 aliphatic carbocycles. The number of H-pyrrole nitrogens is 1. The van der Waals surface area contributed by atoms with E-state index in [4.69, 9.17) is 10.5 Å². The molecule has 2 rings (SSSR count). The minimum atomic E-state index is -0.201. The number of hydrogen-bond donors (Lipinski definition) is 3. The van der Waals surface area contributed by atoms with Crippen LogP contribution in [0.4, 0.5) is 5.69 Å². The first-order chi connectivity index (χ1) is 8.11. The van der Waals surface area contributed by atoms with E-state index in [-0.39, 0.29) is 11.3 Å². The minimum Gasteiger partial charge on any atom is -0.396 e. The number of nitrogens with one attached hydrogen (secondary N) is 2. The summed E-state index contributed by atoms with van der Waals surface area (Å²) in [6, 6.07) is 0. The van der Waals surface area contributed by atoms with Crippen LogP contribution in [0.25, 0.3) is 0 Å². The highest BCUT2D eigenvalue weighted by atomic mass is 16.5. The van der Waals surface area contributed by atoms with E-state index in [9.17, 15) is 4.79 Å². The van der Waals surface area contributed by atoms with Crippen molar-refractivity contribution in [3.8, 4) is 0 Å². The van der Waals surface area contributed by atoms with Gasteiger partial charge in [0.25, 0.3) is 5.91 Å². The van der Waals surface area contributed by atoms with Crippen molar-refractivity contribution in [2.75, 3.05) is 25.5 Å². The monoisotopic (exact) mass is 238 g/mol. The summed E-state index contributed by atoms with van der Waals surface area (Å²) >= 11 is 0. The summed E-state index contributed by atoms with van der Waals surface area (Å²) in [6.45, 7) is 4.32. The summed E-state index contributed by atoms with van der Waals surface area (Å²) in [5.41, 5.74) is 6.43. The molecule has 1 saturated heterocycles. The third-order valence-electron chi connectivity index (χ3n) is 3.27. The zero-order valence-electron chi connectivity index (χ0n) is 9.95. The lowest BCUT2D eigenvalue weighted by Crippen LogP contribution is -2.39. The van der Waals surface area contributed by atoms with Gasteiger partial charge in [0.15, 0.2) is 0 Å². The van der Waals surface area contributed by atoms with Crippen LogP contribution >= 0.6 is 0 Å². The number of amides is 1. The first-order valence-electron chi connectivity index (χ1n) is 5.75. The third kappa shape index (κ3) is 2.76. The second-order valence-corrected chi connectivity index (χ2v) is 4.81. The maximum Gasteiger partial charge on any atom is 0.271 e. The summed E-state index contributed by atoms with van der Waals surface area (Å²) < 4.78 is 5.31. The summed E-state index contributed by atoms with van der Waals surface area (Å²) in [6.07, 6.45) is 3.36. The quantitative estimate of drug-likeness (QED) is 0.716. The Balaban J connectivity index is 1.90. The fourth-order valence-corrected chi connectivity index (χ4v) is 1.90. The molecule has 1 fully saturated rings. The number of aromatic nitrogens is 2. The Kier molecular flexibility index (Phi) is 3.33. The predicted molar refractivity (Wildman–Crippen MR) is 63.5 cm³/mol. The second-order valence-electron chi connectivity index (χ2n) is 4.81. The number of hydrogen-bond acceptors (Lipinski definition) is 4. The molecule has 0 bridgehead atoms. The molecule has 0 atom stereocenters. The normalized spacial score (nSPS) is 18.9. The average Bonchev–Trinajstić information content (AvgIpc) is 2.74. The lowest BCUT2D eigenvalue weighted by Gasteiger charge is -2.33. The van der Waals surface area contributed by atoms with E-state index < -0.39 is 0 Å². The van der Waals surface area contributed by atoms with Crippen molar-refractivity contribution in [1.29, 1.82) is 0 Å². The van der Waals surface area contributed by atoms with Gasteiger partial charge in [-0.05, 0) is 18.3 Å². The third-order valence-corrected chi connectivity index (χ3v) is 3.27. The van der Waals surface area contributed by atoms with Crippen molar-refractivity contribution in [3.05, 3.63) is 11.9 Å². The number of carbonyl (C=O) groups is 1. The summed E-state index contributed by atoms with van der Waals surface area (Å²) in [5, 5.41) is 9.21. The highest BCUT2D eigenvalue weighted by Crippen LogP contribution is 2.28. The number of nitrogen functional groups attached to an aromatic ring is 1. The predicted octanol–water partition coefficient (Wildman–Crippen LogP) is 0.538. The van der Waals surface area contributed by atoms with Gasteiger partial charge in [-0.3, -0.25) is 9.89 Å². The topological polar surface area (TPSA) is 93.0 Å². The van der Waals surface area contributed by atoms with E-state index in [2.05, 4.69) is 22.4 Å². The Hall–Kier alpha value is -1.56. The van der Waals surface area contributed by atoms with Crippen LogP contribution in [0.3, 0.4) is 0 Å². The van der Waals surface area contributed by atoms with E-state index in [1.807, 2.05) is 0 Å². The molecule has 4 N–H and O–H groups in total. The second kappa shape index (κ2) is 4.75. The van der Waals surface area contributed by atoms with E-state index >= 15 is 0 Å². The van der Waals surface area contributed by atoms with Gasteiger partial charge in [-0.25, -0.2) is 0 Å². The first kappa shape index (κ1) is 11.9. The van der Waals surface area contributed by atoms with Crippen LogP contribution < -0.4 is 11.1 Å². The molecule has 2 heterocycles. The standard InChI is InChI=1S/C11H18N4O2/c1-11(2-4-17-5-3-11)7-13-10(16)9-8(12)6-14-15-9/h6H,2-5,7,12H2,1H3,(H,13,16)(H,14,15). The van der Waals surface area contributed by atoms with Crippen molar-refractivity contribution < 1.29 is 9.53 Å². The minimum absolute atomic E-state index is 0.114. The molecule has 1 aliphatic heterocycles. The molecule has 0 spiro atoms. The molecule has 0 saturated carbocycles. The van der Waals surface area contributed by atoms with Gasteiger partial charge in [0.2, 0.25) is 0 Å². The Morgan fingerprint density at radius 3 is 2.94 bits per heavy atom. The van der Waals surface area contributed by atoms with Gasteiger partial charge in [-0.1, -0.05) is 6.92 Å². The number of nitrogens with zero attached hydrogens (tertiary/aromatic N) is 1. The molecule has 0 unspecified atom stereocenters. The SMILES string of the molecule is CC1(CNC(=O)c2[nH]ncc2N)CCOCC1. The number of anilines is 1. The molecule has 1 aromatic heterocycles. The molecule has 0 aromatic carbocycles. The van der Waals surface area contributed by atoms with Crippen molar-refractivity contribution >= 4 is 11.6 Å². The van der Waals surface area contributed by atoms with Crippen LogP contribution in [0.5, 0.6) is 0 Å². The summed E-state index contributed by atoms with van der Waals surface area (Å²) in [4.78, 5) is 11.8. The molecular weight excluding hydrogens is 220 g/mol. The summed E-state index contributed by atoms with van der Waals surface area (Å²) in [7, 11) is 0. The van der Waals surface area contributed by atoms with E-state index in [1.54, 1.807) is 0 Å². The van der Waals surface area contributed by atoms with Crippen molar-refractivity contribution in [3.63, 3.8) is 0 Å². The highest BCUT2D eigenvalue weighted by Gasteiger charge is 2.28. The Bertz CT molecular complexity index is 396. The zero-order chi connectivity index (χ0) is 12.3. The lowest BCUT2D eigenvalue weighted by atomic mass is 9.82. The number of aromatic amines is 1. The van der Waals surface area contributed by atoms with Crippen LogP contribution in [0.1, 0.15) is 30.3 Å². The van der Waals surface area contributed by atoms with Crippen LogP contribution in [-0.2, 0) is 4.74 Å². The first-order valence-corrected chi connectivity index (χ1v) is 5.75. The van der Waals surface area contributed by atoms with E-state index in [0.29, 0.717) is 17.9 Å². The maximum atomic E-state index is 11.8. The molecule has 1 aromatic rings. The number of carbonyl (C=O) groups excluding carboxylic acids is 1. The fraction of sp³-hybridized carbons (Fsp3) is 0.636. The average molecular weight is 238 g/mol. The molecule has 6 nitrogen and oxygen atoms in total.